The highest BCUT2D eigenvalue weighted by atomic mass is 32.1. The fourth-order valence-electron chi connectivity index (χ4n) is 4.60. The summed E-state index contributed by atoms with van der Waals surface area (Å²) in [4.78, 5) is 24.9. The average molecular weight is 404 g/mol. The minimum absolute atomic E-state index is 0.0184. The van der Waals surface area contributed by atoms with Crippen molar-refractivity contribution in [3.8, 4) is 0 Å². The van der Waals surface area contributed by atoms with E-state index in [-0.39, 0.29) is 5.91 Å². The van der Waals surface area contributed by atoms with E-state index in [1.165, 1.54) is 11.1 Å². The maximum atomic E-state index is 13.6. The number of aryl methyl sites for hydroxylation is 1. The van der Waals surface area contributed by atoms with Crippen molar-refractivity contribution in [1.29, 1.82) is 0 Å². The topological polar surface area (TPSA) is 52.8 Å². The first kappa shape index (κ1) is 18.2. The fraction of sp³-hybridized carbons (Fsp3) is 0.364. The second-order valence-electron chi connectivity index (χ2n) is 7.97. The summed E-state index contributed by atoms with van der Waals surface area (Å²) < 4.78 is 0. The van der Waals surface area contributed by atoms with E-state index in [4.69, 9.17) is 18.8 Å². The van der Waals surface area contributed by atoms with Crippen LogP contribution in [0.1, 0.15) is 36.0 Å². The van der Waals surface area contributed by atoms with Crippen LogP contribution in [-0.4, -0.2) is 28.1 Å². The van der Waals surface area contributed by atoms with Gasteiger partial charge in [0, 0.05) is 12.2 Å². The van der Waals surface area contributed by atoms with E-state index in [0.717, 1.165) is 50.0 Å². The zero-order chi connectivity index (χ0) is 20.2. The van der Waals surface area contributed by atoms with Gasteiger partial charge in [-0.05, 0) is 86.3 Å². The Morgan fingerprint density at radius 1 is 1.24 bits per heavy atom. The van der Waals surface area contributed by atoms with Gasteiger partial charge in [0.1, 0.15) is 11.7 Å². The third-order valence-electron chi connectivity index (χ3n) is 6.33. The second-order valence-corrected chi connectivity index (χ2v) is 8.33. The summed E-state index contributed by atoms with van der Waals surface area (Å²) in [5.41, 5.74) is 4.42. The van der Waals surface area contributed by atoms with Gasteiger partial charge in [-0.2, -0.15) is 0 Å². The summed E-state index contributed by atoms with van der Waals surface area (Å²) in [5, 5.41) is 3.90. The van der Waals surface area contributed by atoms with Crippen molar-refractivity contribution in [2.24, 2.45) is 0 Å². The summed E-state index contributed by atoms with van der Waals surface area (Å²) in [6.07, 6.45) is 5.18. The van der Waals surface area contributed by atoms with Crippen LogP contribution in [0, 0.1) is 13.5 Å². The first-order valence-electron chi connectivity index (χ1n) is 9.90. The predicted octanol–water partition coefficient (Wildman–Crippen LogP) is 3.65. The SMILES string of the molecule is [C-]#[N+]c1ncc(N2C(=O)C3(CCC3)N(c3ccc4c(c3)CCNC4)C2=S)cc1C. The van der Waals surface area contributed by atoms with Crippen molar-refractivity contribution < 1.29 is 4.79 Å². The maximum Gasteiger partial charge on any atom is 0.272 e. The molecule has 29 heavy (non-hydrogen) atoms. The first-order chi connectivity index (χ1) is 14.0. The van der Waals surface area contributed by atoms with Crippen LogP contribution >= 0.6 is 12.2 Å². The molecular formula is C22H21N5OS. The number of nitrogens with one attached hydrogen (secondary N) is 1. The molecule has 1 aromatic carbocycles. The molecule has 0 atom stereocenters. The van der Waals surface area contributed by atoms with Gasteiger partial charge in [-0.3, -0.25) is 9.69 Å². The molecule has 1 saturated carbocycles. The van der Waals surface area contributed by atoms with E-state index < -0.39 is 5.54 Å². The minimum Gasteiger partial charge on any atom is -0.360 e. The molecule has 1 N–H and O–H groups in total. The highest BCUT2D eigenvalue weighted by Crippen LogP contribution is 2.48. The molecule has 2 fully saturated rings. The van der Waals surface area contributed by atoms with Crippen LogP contribution in [0.4, 0.5) is 17.2 Å². The standard InChI is InChI=1S/C22H21N5OS/c1-14-10-18(13-25-19(14)23-2)26-20(28)22(7-3-8-22)27(21(26)29)17-5-4-16-12-24-9-6-15(16)11-17/h4-5,10-11,13,24H,3,6-9,12H2,1H3. The van der Waals surface area contributed by atoms with Crippen LogP contribution in [0.5, 0.6) is 0 Å². The molecule has 3 aliphatic rings. The van der Waals surface area contributed by atoms with Crippen LogP contribution in [-0.2, 0) is 17.8 Å². The Morgan fingerprint density at radius 3 is 2.76 bits per heavy atom. The van der Waals surface area contributed by atoms with Crippen LogP contribution in [0.15, 0.2) is 30.5 Å². The van der Waals surface area contributed by atoms with E-state index in [1.807, 2.05) is 13.0 Å². The molecule has 1 aliphatic carbocycles. The molecule has 0 bridgehead atoms. The summed E-state index contributed by atoms with van der Waals surface area (Å²) >= 11 is 5.84. The van der Waals surface area contributed by atoms with Crippen molar-refractivity contribution in [3.05, 3.63) is 58.6 Å². The molecule has 2 aliphatic heterocycles. The molecule has 2 aromatic rings. The van der Waals surface area contributed by atoms with Gasteiger partial charge in [-0.25, -0.2) is 0 Å². The number of aromatic nitrogens is 1. The van der Waals surface area contributed by atoms with E-state index in [9.17, 15) is 4.79 Å². The van der Waals surface area contributed by atoms with Crippen LogP contribution < -0.4 is 15.1 Å². The Balaban J connectivity index is 1.58. The molecule has 5 rings (SSSR count). The highest BCUT2D eigenvalue weighted by molar-refractivity contribution is 7.81. The number of benzene rings is 1. The number of carbonyl (C=O) groups is 1. The van der Waals surface area contributed by atoms with Gasteiger partial charge in [0.05, 0.1) is 5.69 Å². The molecule has 1 saturated heterocycles. The van der Waals surface area contributed by atoms with Crippen molar-refractivity contribution in [2.75, 3.05) is 16.3 Å². The number of fused-ring (bicyclic) bond motifs is 1. The van der Waals surface area contributed by atoms with E-state index in [1.54, 1.807) is 11.1 Å². The lowest BCUT2D eigenvalue weighted by atomic mass is 9.75. The lowest BCUT2D eigenvalue weighted by molar-refractivity contribution is -0.123. The van der Waals surface area contributed by atoms with Crippen molar-refractivity contribution in [1.82, 2.24) is 10.3 Å². The van der Waals surface area contributed by atoms with Gasteiger partial charge >= 0.3 is 0 Å². The van der Waals surface area contributed by atoms with Gasteiger partial charge in [0.2, 0.25) is 0 Å². The molecule has 1 amide bonds. The largest absolute Gasteiger partial charge is 0.360 e. The molecule has 1 spiro atoms. The minimum atomic E-state index is -0.593. The monoisotopic (exact) mass is 403 g/mol. The first-order valence-corrected chi connectivity index (χ1v) is 10.3. The Labute approximate surface area is 175 Å². The molecule has 3 heterocycles. The van der Waals surface area contributed by atoms with Crippen LogP contribution in [0.25, 0.3) is 4.85 Å². The number of carbonyl (C=O) groups excluding carboxylic acids is 1. The summed E-state index contributed by atoms with van der Waals surface area (Å²) in [6.45, 7) is 10.9. The van der Waals surface area contributed by atoms with Gasteiger partial charge in [0.15, 0.2) is 5.11 Å². The lowest BCUT2D eigenvalue weighted by Crippen LogP contribution is -2.55. The number of anilines is 2. The molecular weight excluding hydrogens is 382 g/mol. The van der Waals surface area contributed by atoms with Gasteiger partial charge in [-0.1, -0.05) is 12.6 Å². The molecule has 1 aromatic heterocycles. The van der Waals surface area contributed by atoms with Gasteiger partial charge in [0.25, 0.3) is 11.7 Å². The van der Waals surface area contributed by atoms with E-state index >= 15 is 0 Å². The molecule has 146 valence electrons. The maximum absolute atomic E-state index is 13.6. The van der Waals surface area contributed by atoms with Gasteiger partial charge < -0.3 is 15.1 Å². The lowest BCUT2D eigenvalue weighted by Gasteiger charge is -2.43. The summed E-state index contributed by atoms with van der Waals surface area (Å²) in [6, 6.07) is 8.26. The molecule has 0 unspecified atom stereocenters. The number of rotatable bonds is 2. The van der Waals surface area contributed by atoms with Crippen LogP contribution in [0.2, 0.25) is 0 Å². The zero-order valence-electron chi connectivity index (χ0n) is 16.2. The fourth-order valence-corrected chi connectivity index (χ4v) is 5.07. The number of pyridine rings is 1. The normalized spacial score (nSPS) is 19.9. The Bertz CT molecular complexity index is 1090. The molecule has 7 heteroatoms. The highest BCUT2D eigenvalue weighted by Gasteiger charge is 2.59. The number of thiocarbonyl (C=S) groups is 1. The van der Waals surface area contributed by atoms with Crippen molar-refractivity contribution >= 4 is 40.4 Å². The van der Waals surface area contributed by atoms with Crippen molar-refractivity contribution in [3.63, 3.8) is 0 Å². The van der Waals surface area contributed by atoms with Crippen LogP contribution in [0.3, 0.4) is 0 Å². The zero-order valence-corrected chi connectivity index (χ0v) is 17.1. The third kappa shape index (κ3) is 2.60. The number of amides is 1. The molecule has 0 radical (unpaired) electrons. The van der Waals surface area contributed by atoms with Crippen molar-refractivity contribution in [2.45, 2.75) is 44.7 Å². The number of hydrogen-bond donors (Lipinski definition) is 1. The number of hydrogen-bond acceptors (Lipinski definition) is 4. The third-order valence-corrected chi connectivity index (χ3v) is 6.69. The summed E-state index contributed by atoms with van der Waals surface area (Å²) in [5.74, 6) is 0.370. The Morgan fingerprint density at radius 2 is 2.07 bits per heavy atom. The summed E-state index contributed by atoms with van der Waals surface area (Å²) in [7, 11) is 0. The number of nitrogens with zero attached hydrogens (tertiary/aromatic N) is 4. The predicted molar refractivity (Wildman–Crippen MR) is 116 cm³/mol. The Kier molecular flexibility index (Phi) is 4.16. The Hall–Kier alpha value is -2.82. The molecule has 6 nitrogen and oxygen atoms in total. The smallest absolute Gasteiger partial charge is 0.272 e. The van der Waals surface area contributed by atoms with E-state index in [0.29, 0.717) is 16.6 Å². The quantitative estimate of drug-likeness (QED) is 0.613. The average Bonchev–Trinajstić information content (AvgIpc) is 2.94. The van der Waals surface area contributed by atoms with E-state index in [2.05, 4.69) is 38.2 Å². The van der Waals surface area contributed by atoms with Gasteiger partial charge in [-0.15, -0.1) is 4.98 Å². The second kappa shape index (κ2) is 6.61.